The van der Waals surface area contributed by atoms with E-state index in [4.69, 9.17) is 4.74 Å². The summed E-state index contributed by atoms with van der Waals surface area (Å²) in [4.78, 5) is 0. The van der Waals surface area contributed by atoms with Crippen LogP contribution < -0.4 is 0 Å². The summed E-state index contributed by atoms with van der Waals surface area (Å²) in [7, 11) is -1.00. The molecule has 0 aromatic heterocycles. The van der Waals surface area contributed by atoms with Crippen LogP contribution in [0.2, 0.25) is 25.7 Å². The number of rotatable bonds is 8. The van der Waals surface area contributed by atoms with Crippen molar-refractivity contribution in [3.63, 3.8) is 0 Å². The monoisotopic (exact) mass is 258 g/mol. The zero-order valence-corrected chi connectivity index (χ0v) is 13.4. The molecule has 0 aliphatic rings. The first-order valence-corrected chi connectivity index (χ1v) is 10.2. The molecule has 0 amide bonds. The number of ether oxygens (including phenoxy) is 1. The third kappa shape index (κ3) is 7.01. The Morgan fingerprint density at radius 1 is 1.35 bits per heavy atom. The van der Waals surface area contributed by atoms with E-state index < -0.39 is 14.2 Å². The fourth-order valence-corrected chi connectivity index (χ4v) is 2.35. The van der Waals surface area contributed by atoms with Crippen LogP contribution in [-0.4, -0.2) is 32.5 Å². The summed E-state index contributed by atoms with van der Waals surface area (Å²) in [5.41, 5.74) is -0.248. The number of hydrogen-bond acceptors (Lipinski definition) is 2. The van der Waals surface area contributed by atoms with Crippen LogP contribution in [0.3, 0.4) is 0 Å². The summed E-state index contributed by atoms with van der Waals surface area (Å²) >= 11 is 0. The Balaban J connectivity index is 3.95. The van der Waals surface area contributed by atoms with Crippen LogP contribution in [0.4, 0.5) is 0 Å². The molecule has 0 bridgehead atoms. The van der Waals surface area contributed by atoms with E-state index in [9.17, 15) is 5.11 Å². The Kier molecular flexibility index (Phi) is 6.67. The van der Waals surface area contributed by atoms with Crippen LogP contribution in [0.5, 0.6) is 0 Å². The molecule has 0 heterocycles. The normalized spacial score (nSPS) is 16.6. The number of aliphatic hydroxyl groups excluding tert-OH is 1. The highest BCUT2D eigenvalue weighted by Crippen LogP contribution is 2.27. The minimum Gasteiger partial charge on any atom is -0.392 e. The molecule has 0 saturated heterocycles. The van der Waals surface area contributed by atoms with E-state index in [1.54, 1.807) is 0 Å². The van der Waals surface area contributed by atoms with Crippen molar-refractivity contribution in [2.45, 2.75) is 52.6 Å². The van der Waals surface area contributed by atoms with Gasteiger partial charge in [-0.15, -0.1) is 6.58 Å². The maximum absolute atomic E-state index is 10.2. The summed E-state index contributed by atoms with van der Waals surface area (Å²) in [6.07, 6.45) is 1.42. The van der Waals surface area contributed by atoms with Crippen molar-refractivity contribution >= 4 is 8.07 Å². The lowest BCUT2D eigenvalue weighted by molar-refractivity contribution is -0.00752. The third-order valence-corrected chi connectivity index (χ3v) is 4.91. The van der Waals surface area contributed by atoms with Crippen LogP contribution >= 0.6 is 0 Å². The topological polar surface area (TPSA) is 29.5 Å². The van der Waals surface area contributed by atoms with Gasteiger partial charge in [-0.1, -0.05) is 46.5 Å². The van der Waals surface area contributed by atoms with E-state index in [1.807, 2.05) is 26.8 Å². The fraction of sp³-hybridized carbons (Fsp3) is 0.857. The lowest BCUT2D eigenvalue weighted by Gasteiger charge is -2.31. The zero-order chi connectivity index (χ0) is 13.7. The first-order chi connectivity index (χ1) is 7.60. The standard InChI is InChI=1S/C14H30O2Si/c1-8-14(3,4)13(15)12(2)11-16-9-10-17(5,6)7/h8,12-13,15H,1,9-11H2,2-7H3/t12-,13?/m0/s1. The second kappa shape index (κ2) is 6.71. The second-order valence-corrected chi connectivity index (χ2v) is 12.5. The van der Waals surface area contributed by atoms with Gasteiger partial charge in [-0.25, -0.2) is 0 Å². The molecule has 0 aliphatic heterocycles. The lowest BCUT2D eigenvalue weighted by Crippen LogP contribution is -2.35. The van der Waals surface area contributed by atoms with Crippen molar-refractivity contribution in [2.75, 3.05) is 13.2 Å². The molecular formula is C14H30O2Si. The molecular weight excluding hydrogens is 228 g/mol. The van der Waals surface area contributed by atoms with Gasteiger partial charge in [-0.2, -0.15) is 0 Å². The molecule has 17 heavy (non-hydrogen) atoms. The molecule has 1 unspecified atom stereocenters. The van der Waals surface area contributed by atoms with Gasteiger partial charge in [0.25, 0.3) is 0 Å². The van der Waals surface area contributed by atoms with Crippen LogP contribution in [-0.2, 0) is 4.74 Å². The Morgan fingerprint density at radius 2 is 1.88 bits per heavy atom. The quantitative estimate of drug-likeness (QED) is 0.410. The first kappa shape index (κ1) is 16.9. The molecule has 0 rings (SSSR count). The van der Waals surface area contributed by atoms with Gasteiger partial charge in [0, 0.05) is 26.0 Å². The summed E-state index contributed by atoms with van der Waals surface area (Å²) in [6, 6.07) is 1.18. The SMILES string of the molecule is C=CC(C)(C)C(O)[C@@H](C)COCC[Si](C)(C)C. The third-order valence-electron chi connectivity index (χ3n) is 3.20. The molecule has 2 nitrogen and oxygen atoms in total. The highest BCUT2D eigenvalue weighted by atomic mass is 28.3. The zero-order valence-electron chi connectivity index (χ0n) is 12.4. The molecule has 0 saturated carbocycles. The van der Waals surface area contributed by atoms with Crippen molar-refractivity contribution in [2.24, 2.45) is 11.3 Å². The number of hydrogen-bond donors (Lipinski definition) is 1. The van der Waals surface area contributed by atoms with Crippen LogP contribution in [0.1, 0.15) is 20.8 Å². The van der Waals surface area contributed by atoms with E-state index >= 15 is 0 Å². The minimum atomic E-state index is -1.00. The van der Waals surface area contributed by atoms with Gasteiger partial charge in [0.15, 0.2) is 0 Å². The molecule has 0 radical (unpaired) electrons. The van der Waals surface area contributed by atoms with E-state index in [-0.39, 0.29) is 11.3 Å². The van der Waals surface area contributed by atoms with Gasteiger partial charge in [0.1, 0.15) is 0 Å². The molecule has 0 aliphatic carbocycles. The van der Waals surface area contributed by atoms with Gasteiger partial charge in [0.2, 0.25) is 0 Å². The van der Waals surface area contributed by atoms with Crippen molar-refractivity contribution in [3.05, 3.63) is 12.7 Å². The average molecular weight is 258 g/mol. The first-order valence-electron chi connectivity index (χ1n) is 6.49. The summed E-state index contributed by atoms with van der Waals surface area (Å²) in [5.74, 6) is 0.143. The van der Waals surface area contributed by atoms with E-state index in [0.29, 0.717) is 6.61 Å². The van der Waals surface area contributed by atoms with Gasteiger partial charge in [-0.3, -0.25) is 0 Å². The minimum absolute atomic E-state index is 0.143. The Morgan fingerprint density at radius 3 is 2.29 bits per heavy atom. The Hall–Kier alpha value is -0.123. The van der Waals surface area contributed by atoms with Crippen molar-refractivity contribution in [3.8, 4) is 0 Å². The molecule has 0 fully saturated rings. The summed E-state index contributed by atoms with van der Waals surface area (Å²) < 4.78 is 5.67. The highest BCUT2D eigenvalue weighted by molar-refractivity contribution is 6.76. The Bertz CT molecular complexity index is 231. The largest absolute Gasteiger partial charge is 0.392 e. The molecule has 0 aromatic carbocycles. The maximum atomic E-state index is 10.2. The van der Waals surface area contributed by atoms with Gasteiger partial charge in [0.05, 0.1) is 12.7 Å². The van der Waals surface area contributed by atoms with E-state index in [2.05, 4.69) is 26.2 Å². The van der Waals surface area contributed by atoms with Crippen molar-refractivity contribution in [1.29, 1.82) is 0 Å². The van der Waals surface area contributed by atoms with E-state index in [0.717, 1.165) is 6.61 Å². The molecule has 0 spiro atoms. The highest BCUT2D eigenvalue weighted by Gasteiger charge is 2.29. The fourth-order valence-electron chi connectivity index (χ4n) is 1.59. The van der Waals surface area contributed by atoms with Gasteiger partial charge in [-0.05, 0) is 6.04 Å². The van der Waals surface area contributed by atoms with Crippen molar-refractivity contribution in [1.82, 2.24) is 0 Å². The predicted octanol–water partition coefficient (Wildman–Crippen LogP) is 3.55. The summed E-state index contributed by atoms with van der Waals surface area (Å²) in [6.45, 7) is 18.3. The average Bonchev–Trinajstić information content (AvgIpc) is 2.21. The smallest absolute Gasteiger partial charge is 0.0672 e. The number of aliphatic hydroxyl groups is 1. The molecule has 1 N–H and O–H groups in total. The Labute approximate surface area is 108 Å². The molecule has 2 atom stereocenters. The van der Waals surface area contributed by atoms with E-state index in [1.165, 1.54) is 6.04 Å². The molecule has 0 aromatic rings. The second-order valence-electron chi connectivity index (χ2n) is 6.83. The summed E-state index contributed by atoms with van der Waals surface area (Å²) in [5, 5.41) is 10.2. The van der Waals surface area contributed by atoms with Crippen LogP contribution in [0.15, 0.2) is 12.7 Å². The van der Waals surface area contributed by atoms with Crippen LogP contribution in [0.25, 0.3) is 0 Å². The van der Waals surface area contributed by atoms with Crippen LogP contribution in [0, 0.1) is 11.3 Å². The molecule has 102 valence electrons. The van der Waals surface area contributed by atoms with Gasteiger partial charge < -0.3 is 9.84 Å². The lowest BCUT2D eigenvalue weighted by atomic mass is 9.80. The van der Waals surface area contributed by atoms with Gasteiger partial charge >= 0.3 is 0 Å². The predicted molar refractivity (Wildman–Crippen MR) is 78.1 cm³/mol. The van der Waals surface area contributed by atoms with Crippen molar-refractivity contribution < 1.29 is 9.84 Å². The maximum Gasteiger partial charge on any atom is 0.0672 e. The molecule has 3 heteroatoms.